The molecule has 0 bridgehead atoms. The van der Waals surface area contributed by atoms with Crippen molar-refractivity contribution in [2.75, 3.05) is 0 Å². The Kier molecular flexibility index (Phi) is 4.10. The summed E-state index contributed by atoms with van der Waals surface area (Å²) in [6.07, 6.45) is 0. The summed E-state index contributed by atoms with van der Waals surface area (Å²) in [6, 6.07) is 7.67. The number of fused-ring (bicyclic) bond motifs is 2. The van der Waals surface area contributed by atoms with E-state index in [1.54, 1.807) is 0 Å². The standard InChI is InChI=1S/C14H10O9S3/c15-24(16,17)11-2-1-8-6-13-10(3-9(8)4-11)5-12(25(18,19)20)7-14(13)26(21,22)23/h1-7H,(H,15,16,17)(H,18,19,20)(H,21,22,23). The Labute approximate surface area is 148 Å². The maximum absolute atomic E-state index is 11.6. The molecule has 3 rings (SSSR count). The molecule has 0 radical (unpaired) electrons. The fourth-order valence-electron chi connectivity index (χ4n) is 2.55. The zero-order valence-corrected chi connectivity index (χ0v) is 15.0. The maximum Gasteiger partial charge on any atom is 0.295 e. The van der Waals surface area contributed by atoms with Crippen molar-refractivity contribution in [2.45, 2.75) is 14.7 Å². The molecular weight excluding hydrogens is 408 g/mol. The van der Waals surface area contributed by atoms with Crippen LogP contribution < -0.4 is 0 Å². The average Bonchev–Trinajstić information content (AvgIpc) is 2.48. The monoisotopic (exact) mass is 418 g/mol. The molecule has 0 saturated carbocycles. The van der Waals surface area contributed by atoms with Crippen molar-refractivity contribution in [3.05, 3.63) is 42.5 Å². The molecule has 0 amide bonds. The summed E-state index contributed by atoms with van der Waals surface area (Å²) in [4.78, 5) is -1.91. The van der Waals surface area contributed by atoms with E-state index in [0.717, 1.165) is 18.2 Å². The van der Waals surface area contributed by atoms with Gasteiger partial charge in [0.25, 0.3) is 30.4 Å². The van der Waals surface area contributed by atoms with E-state index in [-0.39, 0.29) is 16.2 Å². The first kappa shape index (κ1) is 18.7. The lowest BCUT2D eigenvalue weighted by Gasteiger charge is -2.09. The van der Waals surface area contributed by atoms with E-state index in [2.05, 4.69) is 0 Å². The molecule has 0 aliphatic heterocycles. The molecule has 0 spiro atoms. The Bertz CT molecular complexity index is 1390. The summed E-state index contributed by atoms with van der Waals surface area (Å²) in [5.41, 5.74) is 0. The van der Waals surface area contributed by atoms with Crippen molar-refractivity contribution in [1.82, 2.24) is 0 Å². The topological polar surface area (TPSA) is 163 Å². The first-order valence-corrected chi connectivity index (χ1v) is 11.0. The molecule has 3 N–H and O–H groups in total. The van der Waals surface area contributed by atoms with E-state index in [9.17, 15) is 34.4 Å². The van der Waals surface area contributed by atoms with E-state index < -0.39 is 45.0 Å². The summed E-state index contributed by atoms with van der Waals surface area (Å²) in [6.45, 7) is 0. The van der Waals surface area contributed by atoms with Gasteiger partial charge in [0.05, 0.1) is 9.79 Å². The molecule has 0 aliphatic carbocycles. The summed E-state index contributed by atoms with van der Waals surface area (Å²) >= 11 is 0. The molecule has 0 heterocycles. The van der Waals surface area contributed by atoms with Gasteiger partial charge in [0.2, 0.25) is 0 Å². The van der Waals surface area contributed by atoms with Gasteiger partial charge >= 0.3 is 0 Å². The molecule has 12 heteroatoms. The Morgan fingerprint density at radius 2 is 1.12 bits per heavy atom. The van der Waals surface area contributed by atoms with Crippen LogP contribution in [0.5, 0.6) is 0 Å². The van der Waals surface area contributed by atoms with Gasteiger partial charge in [0.15, 0.2) is 0 Å². The molecule has 0 fully saturated rings. The van der Waals surface area contributed by atoms with Crippen LogP contribution in [0.2, 0.25) is 0 Å². The van der Waals surface area contributed by atoms with Gasteiger partial charge in [0.1, 0.15) is 4.90 Å². The number of hydrogen-bond donors (Lipinski definition) is 3. The van der Waals surface area contributed by atoms with Crippen molar-refractivity contribution in [1.29, 1.82) is 0 Å². The van der Waals surface area contributed by atoms with E-state index in [4.69, 9.17) is 4.55 Å². The predicted octanol–water partition coefficient (Wildman–Crippen LogP) is 1.73. The zero-order valence-electron chi connectivity index (χ0n) is 12.6. The molecule has 0 saturated heterocycles. The minimum absolute atomic E-state index is 0.00716. The Morgan fingerprint density at radius 3 is 1.65 bits per heavy atom. The van der Waals surface area contributed by atoms with Gasteiger partial charge in [-0.05, 0) is 52.6 Å². The summed E-state index contributed by atoms with van der Waals surface area (Å²) < 4.78 is 96.1. The van der Waals surface area contributed by atoms with Crippen LogP contribution in [0.3, 0.4) is 0 Å². The quantitative estimate of drug-likeness (QED) is 0.424. The molecule has 138 valence electrons. The normalized spacial score (nSPS) is 13.3. The predicted molar refractivity (Wildman–Crippen MR) is 90.9 cm³/mol. The molecule has 0 aromatic heterocycles. The molecule has 3 aromatic carbocycles. The van der Waals surface area contributed by atoms with E-state index in [1.807, 2.05) is 0 Å². The Hall–Kier alpha value is -2.09. The molecule has 9 nitrogen and oxygen atoms in total. The van der Waals surface area contributed by atoms with Crippen molar-refractivity contribution in [2.24, 2.45) is 0 Å². The van der Waals surface area contributed by atoms with Gasteiger partial charge in [-0.2, -0.15) is 25.3 Å². The summed E-state index contributed by atoms with van der Waals surface area (Å²) in [5.74, 6) is 0. The van der Waals surface area contributed by atoms with Crippen LogP contribution in [0.15, 0.2) is 57.2 Å². The SMILES string of the molecule is O=S(=O)(O)c1ccc2cc3c(S(=O)(=O)O)cc(S(=O)(=O)O)cc3cc2c1. The molecular formula is C14H10O9S3. The highest BCUT2D eigenvalue weighted by Gasteiger charge is 2.21. The molecule has 0 unspecified atom stereocenters. The number of rotatable bonds is 3. The first-order valence-electron chi connectivity index (χ1n) is 6.71. The fraction of sp³-hybridized carbons (Fsp3) is 0. The highest BCUT2D eigenvalue weighted by atomic mass is 32.2. The third-order valence-electron chi connectivity index (χ3n) is 3.69. The molecule has 0 atom stereocenters. The van der Waals surface area contributed by atoms with Crippen molar-refractivity contribution in [3.63, 3.8) is 0 Å². The smallest absolute Gasteiger partial charge is 0.282 e. The van der Waals surface area contributed by atoms with Crippen molar-refractivity contribution < 1.29 is 38.9 Å². The zero-order chi connectivity index (χ0) is 19.5. The highest BCUT2D eigenvalue weighted by molar-refractivity contribution is 7.87. The van der Waals surface area contributed by atoms with Crippen LogP contribution in [0, 0.1) is 0 Å². The Balaban J connectivity index is 2.50. The lowest BCUT2D eigenvalue weighted by molar-refractivity contribution is 0.479. The van der Waals surface area contributed by atoms with Gasteiger partial charge in [0, 0.05) is 5.39 Å². The second-order valence-corrected chi connectivity index (χ2v) is 9.66. The summed E-state index contributed by atoms with van der Waals surface area (Å²) in [7, 11) is -14.1. The van der Waals surface area contributed by atoms with Gasteiger partial charge in [-0.3, -0.25) is 13.7 Å². The largest absolute Gasteiger partial charge is 0.295 e. The molecule has 26 heavy (non-hydrogen) atoms. The van der Waals surface area contributed by atoms with E-state index >= 15 is 0 Å². The van der Waals surface area contributed by atoms with Crippen molar-refractivity contribution in [3.8, 4) is 0 Å². The maximum atomic E-state index is 11.6. The van der Waals surface area contributed by atoms with Gasteiger partial charge in [-0.1, -0.05) is 6.07 Å². The van der Waals surface area contributed by atoms with Crippen LogP contribution in [0.1, 0.15) is 0 Å². The lowest BCUT2D eigenvalue weighted by Crippen LogP contribution is -2.04. The minimum atomic E-state index is -4.82. The van der Waals surface area contributed by atoms with Crippen molar-refractivity contribution >= 4 is 51.9 Å². The van der Waals surface area contributed by atoms with Gasteiger partial charge in [-0.25, -0.2) is 0 Å². The summed E-state index contributed by atoms with van der Waals surface area (Å²) in [5, 5.41) is 0.593. The number of hydrogen-bond acceptors (Lipinski definition) is 6. The third kappa shape index (κ3) is 3.42. The van der Waals surface area contributed by atoms with E-state index in [1.165, 1.54) is 18.2 Å². The van der Waals surface area contributed by atoms with Gasteiger partial charge in [-0.15, -0.1) is 0 Å². The van der Waals surface area contributed by atoms with E-state index in [0.29, 0.717) is 11.5 Å². The van der Waals surface area contributed by atoms with Crippen LogP contribution in [0.4, 0.5) is 0 Å². The Morgan fingerprint density at radius 1 is 0.538 bits per heavy atom. The van der Waals surface area contributed by atoms with Crippen LogP contribution in [-0.4, -0.2) is 38.9 Å². The number of benzene rings is 3. The molecule has 3 aromatic rings. The second kappa shape index (κ2) is 5.70. The third-order valence-corrected chi connectivity index (χ3v) is 6.26. The van der Waals surface area contributed by atoms with Crippen LogP contribution in [0.25, 0.3) is 21.5 Å². The lowest BCUT2D eigenvalue weighted by atomic mass is 10.0. The van der Waals surface area contributed by atoms with Gasteiger partial charge < -0.3 is 0 Å². The average molecular weight is 418 g/mol. The van der Waals surface area contributed by atoms with Crippen LogP contribution in [-0.2, 0) is 30.4 Å². The molecule has 0 aliphatic rings. The van der Waals surface area contributed by atoms with Crippen LogP contribution >= 0.6 is 0 Å². The second-order valence-electron chi connectivity index (χ2n) is 5.43. The first-order chi connectivity index (χ1) is 11.8. The fourth-order valence-corrected chi connectivity index (χ4v) is 4.41. The highest BCUT2D eigenvalue weighted by Crippen LogP contribution is 2.31. The minimum Gasteiger partial charge on any atom is -0.282 e.